The number of thiocarbonyl (C=S) groups is 1. The zero-order valence-corrected chi connectivity index (χ0v) is 13.4. The van der Waals surface area contributed by atoms with Crippen molar-refractivity contribution in [2.24, 2.45) is 5.73 Å². The van der Waals surface area contributed by atoms with Crippen molar-refractivity contribution in [1.29, 1.82) is 0 Å². The smallest absolute Gasteiger partial charge is 0.123 e. The molecule has 0 saturated carbocycles. The molecule has 4 nitrogen and oxygen atoms in total. The number of pyridine rings is 1. The summed E-state index contributed by atoms with van der Waals surface area (Å²) in [6, 6.07) is 4.51. The average molecular weight is 295 g/mol. The molecule has 20 heavy (non-hydrogen) atoms. The van der Waals surface area contributed by atoms with E-state index in [4.69, 9.17) is 22.7 Å². The Bertz CT molecular complexity index is 421. The van der Waals surface area contributed by atoms with Crippen LogP contribution < -0.4 is 5.73 Å². The highest BCUT2D eigenvalue weighted by Crippen LogP contribution is 2.15. The Morgan fingerprint density at radius 1 is 1.45 bits per heavy atom. The first-order valence-electron chi connectivity index (χ1n) is 7.10. The van der Waals surface area contributed by atoms with Crippen molar-refractivity contribution in [3.05, 3.63) is 29.6 Å². The summed E-state index contributed by atoms with van der Waals surface area (Å²) in [4.78, 5) is 7.08. The van der Waals surface area contributed by atoms with E-state index >= 15 is 0 Å². The van der Waals surface area contributed by atoms with Crippen LogP contribution in [-0.2, 0) is 11.3 Å². The predicted molar refractivity (Wildman–Crippen MR) is 86.8 cm³/mol. The maximum absolute atomic E-state index is 5.76. The molecule has 0 unspecified atom stereocenters. The summed E-state index contributed by atoms with van der Waals surface area (Å²) < 4.78 is 5.22. The van der Waals surface area contributed by atoms with E-state index in [-0.39, 0.29) is 0 Å². The fourth-order valence-corrected chi connectivity index (χ4v) is 2.59. The predicted octanol–water partition coefficient (Wildman–Crippen LogP) is 2.35. The average Bonchev–Trinajstić information content (AvgIpc) is 2.46. The van der Waals surface area contributed by atoms with Gasteiger partial charge in [-0.2, -0.15) is 0 Å². The molecule has 1 aromatic rings. The molecule has 0 bridgehead atoms. The van der Waals surface area contributed by atoms with Gasteiger partial charge in [0, 0.05) is 32.4 Å². The molecule has 112 valence electrons. The molecular formula is C15H25N3OS. The Balaban J connectivity index is 2.91. The van der Waals surface area contributed by atoms with Gasteiger partial charge >= 0.3 is 0 Å². The highest BCUT2D eigenvalue weighted by molar-refractivity contribution is 7.80. The number of hydrogen-bond acceptors (Lipinski definition) is 4. The van der Waals surface area contributed by atoms with Gasteiger partial charge < -0.3 is 10.5 Å². The van der Waals surface area contributed by atoms with Gasteiger partial charge in [-0.1, -0.05) is 32.1 Å². The Morgan fingerprint density at radius 2 is 2.15 bits per heavy atom. The van der Waals surface area contributed by atoms with Gasteiger partial charge in [0.15, 0.2) is 0 Å². The normalized spacial score (nSPS) is 11.2. The third kappa shape index (κ3) is 4.81. The summed E-state index contributed by atoms with van der Waals surface area (Å²) in [5.41, 5.74) is 7.58. The zero-order chi connectivity index (χ0) is 15.0. The number of hydrogen-bond donors (Lipinski definition) is 1. The maximum atomic E-state index is 5.76. The number of nitrogens with two attached hydrogens (primary N) is 1. The van der Waals surface area contributed by atoms with Crippen molar-refractivity contribution >= 4 is 17.2 Å². The summed E-state index contributed by atoms with van der Waals surface area (Å²) in [5.74, 6) is 0. The van der Waals surface area contributed by atoms with E-state index in [1.807, 2.05) is 12.1 Å². The van der Waals surface area contributed by atoms with Crippen LogP contribution in [-0.4, -0.2) is 41.2 Å². The third-order valence-corrected chi connectivity index (χ3v) is 3.73. The second kappa shape index (κ2) is 9.00. The van der Waals surface area contributed by atoms with Crippen LogP contribution in [0.3, 0.4) is 0 Å². The summed E-state index contributed by atoms with van der Waals surface area (Å²) in [6.45, 7) is 6.85. The van der Waals surface area contributed by atoms with Crippen molar-refractivity contribution in [3.8, 4) is 0 Å². The lowest BCUT2D eigenvalue weighted by molar-refractivity contribution is 0.110. The fraction of sp³-hybridized carbons (Fsp3) is 0.600. The van der Waals surface area contributed by atoms with E-state index in [0.717, 1.165) is 43.8 Å². The summed E-state index contributed by atoms with van der Waals surface area (Å²) in [6.07, 6.45) is 3.96. The third-order valence-electron chi connectivity index (χ3n) is 3.54. The highest BCUT2D eigenvalue weighted by atomic mass is 32.1. The summed E-state index contributed by atoms with van der Waals surface area (Å²) >= 11 is 5.08. The second-order valence-electron chi connectivity index (χ2n) is 4.81. The Labute approximate surface area is 127 Å². The maximum Gasteiger partial charge on any atom is 0.123 e. The van der Waals surface area contributed by atoms with Crippen molar-refractivity contribution < 1.29 is 4.74 Å². The van der Waals surface area contributed by atoms with Gasteiger partial charge in [0.1, 0.15) is 10.7 Å². The van der Waals surface area contributed by atoms with Crippen LogP contribution >= 0.6 is 12.2 Å². The second-order valence-corrected chi connectivity index (χ2v) is 5.25. The highest BCUT2D eigenvalue weighted by Gasteiger charge is 2.17. The monoisotopic (exact) mass is 295 g/mol. The van der Waals surface area contributed by atoms with Gasteiger partial charge in [0.2, 0.25) is 0 Å². The molecule has 0 aliphatic heterocycles. The number of nitrogens with zero attached hydrogens (tertiary/aromatic N) is 2. The first-order chi connectivity index (χ1) is 9.63. The van der Waals surface area contributed by atoms with Gasteiger partial charge in [-0.05, 0) is 24.5 Å². The molecule has 0 atom stereocenters. The molecule has 0 fully saturated rings. The fourth-order valence-electron chi connectivity index (χ4n) is 2.41. The number of methoxy groups -OCH3 is 1. The van der Waals surface area contributed by atoms with Crippen LogP contribution in [0.1, 0.15) is 37.9 Å². The molecule has 0 radical (unpaired) electrons. The van der Waals surface area contributed by atoms with Crippen LogP contribution in [0.4, 0.5) is 0 Å². The van der Waals surface area contributed by atoms with Crippen LogP contribution in [0.15, 0.2) is 18.3 Å². The molecule has 0 amide bonds. The van der Waals surface area contributed by atoms with Crippen LogP contribution in [0.2, 0.25) is 0 Å². The Kier molecular flexibility index (Phi) is 7.65. The van der Waals surface area contributed by atoms with Crippen LogP contribution in [0, 0.1) is 0 Å². The molecule has 0 saturated heterocycles. The van der Waals surface area contributed by atoms with Crippen molar-refractivity contribution in [1.82, 2.24) is 9.88 Å². The lowest BCUT2D eigenvalue weighted by atomic mass is 10.1. The molecule has 0 aliphatic rings. The van der Waals surface area contributed by atoms with E-state index < -0.39 is 0 Å². The van der Waals surface area contributed by atoms with Gasteiger partial charge in [-0.3, -0.25) is 9.88 Å². The van der Waals surface area contributed by atoms with Gasteiger partial charge in [-0.25, -0.2) is 0 Å². The molecular weight excluding hydrogens is 270 g/mol. The standard InChI is InChI=1S/C15H25N3OS/c1-4-13(5-2)18(9-10-19-3)11-12-7-6-8-17-14(12)15(16)20/h6-8,13H,4-5,9-11H2,1-3H3,(H2,16,20). The van der Waals surface area contributed by atoms with Crippen LogP contribution in [0.5, 0.6) is 0 Å². The van der Waals surface area contributed by atoms with Gasteiger partial charge in [0.25, 0.3) is 0 Å². The Hall–Kier alpha value is -1.04. The number of rotatable bonds is 9. The molecule has 1 aromatic heterocycles. The Morgan fingerprint density at radius 3 is 2.70 bits per heavy atom. The lowest BCUT2D eigenvalue weighted by Gasteiger charge is -2.30. The van der Waals surface area contributed by atoms with Crippen molar-refractivity contribution in [2.75, 3.05) is 20.3 Å². The van der Waals surface area contributed by atoms with Gasteiger partial charge in [0.05, 0.1) is 6.61 Å². The van der Waals surface area contributed by atoms with E-state index in [1.165, 1.54) is 0 Å². The first kappa shape index (κ1) is 17.0. The molecule has 1 rings (SSSR count). The quantitative estimate of drug-likeness (QED) is 0.709. The molecule has 2 N–H and O–H groups in total. The first-order valence-corrected chi connectivity index (χ1v) is 7.51. The molecule has 0 spiro atoms. The number of ether oxygens (including phenoxy) is 1. The van der Waals surface area contributed by atoms with Crippen molar-refractivity contribution in [2.45, 2.75) is 39.3 Å². The molecule has 5 heteroatoms. The topological polar surface area (TPSA) is 51.4 Å². The SMILES string of the molecule is CCC(CC)N(CCOC)Cc1cccnc1C(N)=S. The van der Waals surface area contributed by atoms with E-state index in [1.54, 1.807) is 13.3 Å². The molecule has 0 aliphatic carbocycles. The minimum atomic E-state index is 0.358. The number of aromatic nitrogens is 1. The minimum Gasteiger partial charge on any atom is -0.388 e. The molecule has 0 aromatic carbocycles. The lowest BCUT2D eigenvalue weighted by Crippen LogP contribution is -2.37. The van der Waals surface area contributed by atoms with Gasteiger partial charge in [-0.15, -0.1) is 0 Å². The van der Waals surface area contributed by atoms with E-state index in [2.05, 4.69) is 23.7 Å². The van der Waals surface area contributed by atoms with Crippen LogP contribution in [0.25, 0.3) is 0 Å². The van der Waals surface area contributed by atoms with E-state index in [9.17, 15) is 0 Å². The summed E-state index contributed by atoms with van der Waals surface area (Å²) in [7, 11) is 1.73. The largest absolute Gasteiger partial charge is 0.388 e. The molecule has 1 heterocycles. The van der Waals surface area contributed by atoms with E-state index in [0.29, 0.717) is 11.0 Å². The zero-order valence-electron chi connectivity index (χ0n) is 12.6. The minimum absolute atomic E-state index is 0.358. The summed E-state index contributed by atoms with van der Waals surface area (Å²) in [5, 5.41) is 0. The van der Waals surface area contributed by atoms with Crippen molar-refractivity contribution in [3.63, 3.8) is 0 Å².